The number of ether oxygens (including phenoxy) is 8. The minimum atomic E-state index is -1.94. The number of fused-ring (bicyclic) bond motifs is 1. The highest BCUT2D eigenvalue weighted by Gasteiger charge is 2.52. The number of rotatable bonds is 11. The highest BCUT2D eigenvalue weighted by molar-refractivity contribution is 5.70. The average Bonchev–Trinajstić information content (AvgIpc) is 3.17. The van der Waals surface area contributed by atoms with Crippen molar-refractivity contribution in [2.24, 2.45) is 0 Å². The van der Waals surface area contributed by atoms with Crippen LogP contribution in [0.3, 0.4) is 0 Å². The molecule has 4 aliphatic heterocycles. The van der Waals surface area contributed by atoms with Gasteiger partial charge in [-0.1, -0.05) is 0 Å². The predicted molar refractivity (Wildman–Crippen MR) is 177 cm³/mol. The van der Waals surface area contributed by atoms with Gasteiger partial charge in [0.25, 0.3) is 11.9 Å². The SMILES string of the molecule is COc1cc(C2[OH+]c3cc(O)cc(O[C@@H]4O[C@H](CO)[C@@H](O)[C@H](O)[C@H]4O)c3C=C2O[C@@H]2O[C@H](CO)[C@@H](O)[C@H](O)[C@H]2O[C@@H]2O[C@H](CO)[C@@H](O)[C@H](O)[C@H]2O)ccc1O. The lowest BCUT2D eigenvalue weighted by molar-refractivity contribution is -0.364. The molecule has 0 bridgehead atoms. The highest BCUT2D eigenvalue weighted by atomic mass is 16.8. The predicted octanol–water partition coefficient (Wildman–Crippen LogP) is -4.74. The van der Waals surface area contributed by atoms with Gasteiger partial charge in [0, 0.05) is 12.1 Å². The fourth-order valence-electron chi connectivity index (χ4n) is 6.63. The fourth-order valence-corrected chi connectivity index (χ4v) is 6.63. The molecular weight excluding hydrogens is 744 g/mol. The molecule has 21 heteroatoms. The maximum Gasteiger partial charge on any atom is 0.270 e. The Morgan fingerprint density at radius 1 is 0.618 bits per heavy atom. The first-order valence-electron chi connectivity index (χ1n) is 17.1. The Bertz CT molecular complexity index is 1650. The first kappa shape index (κ1) is 41.0. The summed E-state index contributed by atoms with van der Waals surface area (Å²) in [4.78, 5) is 0. The molecule has 0 saturated carbocycles. The summed E-state index contributed by atoms with van der Waals surface area (Å²) in [6.45, 7) is -2.39. The quantitative estimate of drug-likeness (QED) is 0.0951. The molecule has 306 valence electrons. The molecule has 0 radical (unpaired) electrons. The molecule has 4 aliphatic rings. The number of hydrogen-bond donors (Lipinski definition) is 13. The third-order valence-corrected chi connectivity index (χ3v) is 9.76. The summed E-state index contributed by atoms with van der Waals surface area (Å²) in [5, 5.41) is 135. The summed E-state index contributed by atoms with van der Waals surface area (Å²) in [5.41, 5.74) is 0.376. The molecular formula is C34H45O21+. The molecule has 3 fully saturated rings. The van der Waals surface area contributed by atoms with Crippen LogP contribution in [0, 0.1) is 0 Å². The lowest BCUT2D eigenvalue weighted by Gasteiger charge is -2.46. The summed E-state index contributed by atoms with van der Waals surface area (Å²) in [6.07, 6.45) is -25.8. The first-order chi connectivity index (χ1) is 26.2. The minimum Gasteiger partial charge on any atom is -0.571 e. The Hall–Kier alpha value is -3.62. The van der Waals surface area contributed by atoms with Gasteiger partial charge < -0.3 is 104 Å². The van der Waals surface area contributed by atoms with Gasteiger partial charge in [-0.25, -0.2) is 0 Å². The lowest BCUT2D eigenvalue weighted by atomic mass is 9.97. The van der Waals surface area contributed by atoms with Gasteiger partial charge >= 0.3 is 0 Å². The van der Waals surface area contributed by atoms with Crippen molar-refractivity contribution in [3.05, 3.63) is 47.2 Å². The number of benzene rings is 2. The van der Waals surface area contributed by atoms with Crippen molar-refractivity contribution >= 4 is 6.08 Å². The average molecular weight is 790 g/mol. The molecule has 55 heavy (non-hydrogen) atoms. The zero-order chi connectivity index (χ0) is 39.9. The zero-order valence-electron chi connectivity index (χ0n) is 28.9. The summed E-state index contributed by atoms with van der Waals surface area (Å²) in [6, 6.07) is 6.53. The van der Waals surface area contributed by atoms with E-state index in [1.807, 2.05) is 0 Å². The third kappa shape index (κ3) is 8.00. The minimum absolute atomic E-state index is 0.0250. The molecule has 4 heterocycles. The smallest absolute Gasteiger partial charge is 0.270 e. The number of hydrogen-bond acceptors (Lipinski definition) is 20. The van der Waals surface area contributed by atoms with Crippen LogP contribution in [0.5, 0.6) is 28.7 Å². The van der Waals surface area contributed by atoms with E-state index >= 15 is 0 Å². The number of aliphatic hydroxyl groups excluding tert-OH is 11. The van der Waals surface area contributed by atoms with Crippen LogP contribution in [0.1, 0.15) is 17.2 Å². The Balaban J connectivity index is 1.41. The van der Waals surface area contributed by atoms with Crippen LogP contribution in [0.2, 0.25) is 0 Å². The Kier molecular flexibility index (Phi) is 12.6. The molecule has 21 nitrogen and oxygen atoms in total. The van der Waals surface area contributed by atoms with E-state index in [0.29, 0.717) is 5.56 Å². The van der Waals surface area contributed by atoms with Gasteiger partial charge in [0.2, 0.25) is 12.6 Å². The van der Waals surface area contributed by atoms with E-state index < -0.39 is 118 Å². The van der Waals surface area contributed by atoms with E-state index in [4.69, 9.17) is 37.9 Å². The molecule has 14 N–H and O–H groups in total. The summed E-state index contributed by atoms with van der Waals surface area (Å²) < 4.78 is 44.7. The number of aliphatic hydroxyl groups is 12. The van der Waals surface area contributed by atoms with Gasteiger partial charge in [-0.3, -0.25) is 0 Å². The van der Waals surface area contributed by atoms with E-state index in [1.165, 1.54) is 37.5 Å². The topological polar surface area (TPSA) is 340 Å². The van der Waals surface area contributed by atoms with Crippen molar-refractivity contribution in [2.75, 3.05) is 26.9 Å². The number of aromatic hydroxyl groups is 3. The largest absolute Gasteiger partial charge is 0.571 e. The molecule has 1 unspecified atom stereocenters. The van der Waals surface area contributed by atoms with Crippen molar-refractivity contribution in [3.8, 4) is 28.7 Å². The Morgan fingerprint density at radius 2 is 1.18 bits per heavy atom. The normalized spacial score (nSPS) is 39.0. The van der Waals surface area contributed by atoms with E-state index in [-0.39, 0.29) is 40.1 Å². The number of phenols is 2. The second-order valence-electron chi connectivity index (χ2n) is 13.3. The van der Waals surface area contributed by atoms with Gasteiger partial charge in [0.05, 0.1) is 38.6 Å². The summed E-state index contributed by atoms with van der Waals surface area (Å²) in [7, 11) is 1.30. The van der Waals surface area contributed by atoms with Crippen molar-refractivity contribution in [1.82, 2.24) is 0 Å². The van der Waals surface area contributed by atoms with Crippen LogP contribution >= 0.6 is 0 Å². The van der Waals surface area contributed by atoms with E-state index in [1.54, 1.807) is 0 Å². The zero-order valence-corrected chi connectivity index (χ0v) is 28.9. The number of methoxy groups -OCH3 is 1. The van der Waals surface area contributed by atoms with Crippen LogP contribution in [-0.2, 0) is 23.7 Å². The first-order valence-corrected chi connectivity index (χ1v) is 17.1. The van der Waals surface area contributed by atoms with Crippen LogP contribution in [0.25, 0.3) is 6.08 Å². The maximum absolute atomic E-state index is 11.2. The van der Waals surface area contributed by atoms with Crippen molar-refractivity contribution in [1.29, 1.82) is 0 Å². The van der Waals surface area contributed by atoms with Crippen LogP contribution in [0.15, 0.2) is 36.1 Å². The summed E-state index contributed by atoms with van der Waals surface area (Å²) in [5.74, 6) is -0.879. The van der Waals surface area contributed by atoms with Gasteiger partial charge in [0.15, 0.2) is 29.7 Å². The highest BCUT2D eigenvalue weighted by Crippen LogP contribution is 2.47. The molecule has 6 rings (SSSR count). The van der Waals surface area contributed by atoms with Gasteiger partial charge in [-0.15, -0.1) is 0 Å². The Morgan fingerprint density at radius 3 is 1.78 bits per heavy atom. The van der Waals surface area contributed by atoms with Gasteiger partial charge in [-0.05, 0) is 18.2 Å². The Labute approximate surface area is 311 Å². The molecule has 0 aromatic heterocycles. The molecule has 3 saturated heterocycles. The lowest BCUT2D eigenvalue weighted by Crippen LogP contribution is -2.64. The molecule has 0 aliphatic carbocycles. The molecule has 2 aromatic rings. The van der Waals surface area contributed by atoms with Crippen molar-refractivity contribution in [2.45, 2.75) is 98.2 Å². The maximum atomic E-state index is 11.2. The summed E-state index contributed by atoms with van der Waals surface area (Å²) >= 11 is 0. The standard InChI is InChI=1S/C34H44O21/c1-48-17-4-11(2-3-14(17)39)30-18(7-13-15(49-30)5-12(38)6-16(13)50-32-28(46)25(43)22(40)19(8-35)52-32)51-34-31(27(45)24(42)21(10-37)54-34)55-33-29(47)26(44)23(41)20(9-36)53-33/h2-7,19-47H,8-10H2,1H3/p+1/t19-,20-,21-,22-,23-,24-,25+,26+,27+,28-,29-,30?,31-,32-,33+,34-/m1/s1. The van der Waals surface area contributed by atoms with E-state index in [2.05, 4.69) is 0 Å². The van der Waals surface area contributed by atoms with Crippen molar-refractivity contribution in [3.63, 3.8) is 0 Å². The van der Waals surface area contributed by atoms with Crippen LogP contribution in [0.4, 0.5) is 0 Å². The van der Waals surface area contributed by atoms with Gasteiger partial charge in [0.1, 0.15) is 84.2 Å². The molecule has 0 spiro atoms. The molecule has 2 aromatic carbocycles. The van der Waals surface area contributed by atoms with Crippen molar-refractivity contribution < 1.29 is 104 Å². The molecule has 0 amide bonds. The molecule has 16 atom stereocenters. The number of phenolic OH excluding ortho intramolecular Hbond substituents is 2. The van der Waals surface area contributed by atoms with Crippen LogP contribution < -0.4 is 9.47 Å². The van der Waals surface area contributed by atoms with E-state index in [9.17, 15) is 66.4 Å². The second-order valence-corrected chi connectivity index (χ2v) is 13.3. The monoisotopic (exact) mass is 789 g/mol. The third-order valence-electron chi connectivity index (χ3n) is 9.76. The van der Waals surface area contributed by atoms with E-state index in [0.717, 1.165) is 6.07 Å². The second kappa shape index (κ2) is 16.9. The van der Waals surface area contributed by atoms with Gasteiger partial charge in [-0.2, -0.15) is 0 Å². The fraction of sp³-hybridized carbons (Fsp3) is 0.588. The van der Waals surface area contributed by atoms with Crippen LogP contribution in [-0.4, -0.2) is 190 Å².